The summed E-state index contributed by atoms with van der Waals surface area (Å²) in [7, 11) is 0. The molecule has 0 spiro atoms. The molecule has 0 saturated heterocycles. The summed E-state index contributed by atoms with van der Waals surface area (Å²) < 4.78 is 0. The molecule has 0 aromatic carbocycles. The molecule has 0 bridgehead atoms. The first-order valence-corrected chi connectivity index (χ1v) is 6.06. The molecule has 2 N–H and O–H groups in total. The fourth-order valence-corrected chi connectivity index (χ4v) is 2.58. The fourth-order valence-electron chi connectivity index (χ4n) is 2.58. The number of rotatable bonds is 7. The van der Waals surface area contributed by atoms with Crippen molar-refractivity contribution in [3.63, 3.8) is 0 Å². The summed E-state index contributed by atoms with van der Waals surface area (Å²) in [5.74, 6) is 0.328. The molecule has 0 amide bonds. The molecule has 2 unspecified atom stereocenters. The van der Waals surface area contributed by atoms with Crippen molar-refractivity contribution in [1.82, 2.24) is 0 Å². The number of hydrogen-bond acceptors (Lipinski definition) is 2. The van der Waals surface area contributed by atoms with Crippen molar-refractivity contribution in [1.29, 1.82) is 0 Å². The van der Waals surface area contributed by atoms with Crippen LogP contribution in [-0.4, -0.2) is 23.4 Å². The minimum Gasteiger partial charge on any atom is -0.396 e. The third-order valence-electron chi connectivity index (χ3n) is 4.24. The van der Waals surface area contributed by atoms with E-state index in [0.29, 0.717) is 0 Å². The molecule has 0 aliphatic carbocycles. The van der Waals surface area contributed by atoms with Crippen LogP contribution in [0.5, 0.6) is 0 Å². The highest BCUT2D eigenvalue weighted by Gasteiger charge is 2.42. The van der Waals surface area contributed by atoms with Crippen LogP contribution in [-0.2, 0) is 0 Å². The minimum absolute atomic E-state index is 0.00340. The van der Waals surface area contributed by atoms with Gasteiger partial charge in [0, 0.05) is 13.2 Å². The monoisotopic (exact) mass is 228 g/mol. The van der Waals surface area contributed by atoms with Crippen LogP contribution >= 0.6 is 0 Å². The van der Waals surface area contributed by atoms with Gasteiger partial charge < -0.3 is 10.2 Å². The summed E-state index contributed by atoms with van der Waals surface area (Å²) in [5, 5.41) is 19.0. The van der Waals surface area contributed by atoms with Gasteiger partial charge >= 0.3 is 0 Å². The maximum absolute atomic E-state index is 9.65. The standard InChI is InChI=1S/C14H28O2/c1-7-8-13(3,4)12(10-16)14(5,6)11(2)9-15/h7,11-12,15-16H,1,8-10H2,2-6H3. The Balaban J connectivity index is 5.03. The van der Waals surface area contributed by atoms with Crippen molar-refractivity contribution in [3.8, 4) is 0 Å². The Morgan fingerprint density at radius 1 is 1.12 bits per heavy atom. The first-order valence-electron chi connectivity index (χ1n) is 6.06. The number of hydrogen-bond donors (Lipinski definition) is 2. The fraction of sp³-hybridized carbons (Fsp3) is 0.857. The van der Waals surface area contributed by atoms with Crippen LogP contribution in [0, 0.1) is 22.7 Å². The quantitative estimate of drug-likeness (QED) is 0.658. The van der Waals surface area contributed by atoms with E-state index in [9.17, 15) is 10.2 Å². The number of allylic oxidation sites excluding steroid dienone is 1. The highest BCUT2D eigenvalue weighted by Crippen LogP contribution is 2.46. The van der Waals surface area contributed by atoms with Gasteiger partial charge in [0.25, 0.3) is 0 Å². The van der Waals surface area contributed by atoms with E-state index in [4.69, 9.17) is 0 Å². The van der Waals surface area contributed by atoms with Gasteiger partial charge in [-0.15, -0.1) is 6.58 Å². The summed E-state index contributed by atoms with van der Waals surface area (Å²) in [6.45, 7) is 14.7. The van der Waals surface area contributed by atoms with E-state index in [1.807, 2.05) is 13.0 Å². The normalized spacial score (nSPS) is 16.9. The molecule has 0 fully saturated rings. The van der Waals surface area contributed by atoms with Crippen molar-refractivity contribution in [2.45, 2.75) is 41.0 Å². The van der Waals surface area contributed by atoms with Crippen molar-refractivity contribution < 1.29 is 10.2 Å². The van der Waals surface area contributed by atoms with Gasteiger partial charge in [0.05, 0.1) is 0 Å². The van der Waals surface area contributed by atoms with Gasteiger partial charge in [-0.2, -0.15) is 0 Å². The summed E-state index contributed by atoms with van der Waals surface area (Å²) in [6.07, 6.45) is 2.78. The molecule has 0 aromatic heterocycles. The van der Waals surface area contributed by atoms with Gasteiger partial charge in [-0.3, -0.25) is 0 Å². The summed E-state index contributed by atoms with van der Waals surface area (Å²) in [6, 6.07) is 0. The molecule has 2 nitrogen and oxygen atoms in total. The van der Waals surface area contributed by atoms with E-state index in [-0.39, 0.29) is 35.9 Å². The molecular formula is C14H28O2. The summed E-state index contributed by atoms with van der Waals surface area (Å²) >= 11 is 0. The predicted molar refractivity (Wildman–Crippen MR) is 69.2 cm³/mol. The lowest BCUT2D eigenvalue weighted by Gasteiger charge is -2.46. The maximum Gasteiger partial charge on any atom is 0.0469 e. The van der Waals surface area contributed by atoms with E-state index in [1.165, 1.54) is 0 Å². The molecule has 0 saturated carbocycles. The van der Waals surface area contributed by atoms with Crippen LogP contribution in [0.1, 0.15) is 41.0 Å². The van der Waals surface area contributed by atoms with E-state index in [0.717, 1.165) is 6.42 Å². The van der Waals surface area contributed by atoms with Crippen molar-refractivity contribution in [2.75, 3.05) is 13.2 Å². The van der Waals surface area contributed by atoms with Gasteiger partial charge in [0.1, 0.15) is 0 Å². The van der Waals surface area contributed by atoms with Gasteiger partial charge in [0.2, 0.25) is 0 Å². The SMILES string of the molecule is C=CCC(C)(C)C(CO)C(C)(C)C(C)CO. The van der Waals surface area contributed by atoms with Crippen LogP contribution in [0.2, 0.25) is 0 Å². The average Bonchev–Trinajstić information content (AvgIpc) is 2.16. The zero-order chi connectivity index (χ0) is 13.0. The zero-order valence-corrected chi connectivity index (χ0v) is 11.5. The largest absolute Gasteiger partial charge is 0.396 e. The Bertz CT molecular complexity index is 219. The molecule has 0 rings (SSSR count). The summed E-state index contributed by atoms with van der Waals surface area (Å²) in [4.78, 5) is 0. The lowest BCUT2D eigenvalue weighted by atomic mass is 9.59. The Morgan fingerprint density at radius 3 is 1.94 bits per heavy atom. The van der Waals surface area contributed by atoms with Crippen molar-refractivity contribution in [3.05, 3.63) is 12.7 Å². The van der Waals surface area contributed by atoms with Crippen molar-refractivity contribution >= 4 is 0 Å². The van der Waals surface area contributed by atoms with Gasteiger partial charge in [0.15, 0.2) is 0 Å². The number of aliphatic hydroxyl groups excluding tert-OH is 2. The third kappa shape index (κ3) is 3.33. The van der Waals surface area contributed by atoms with Gasteiger partial charge in [-0.05, 0) is 29.1 Å². The van der Waals surface area contributed by atoms with E-state index >= 15 is 0 Å². The minimum atomic E-state index is -0.0873. The van der Waals surface area contributed by atoms with Crippen LogP contribution < -0.4 is 0 Å². The molecule has 0 heterocycles. The maximum atomic E-state index is 9.65. The summed E-state index contributed by atoms with van der Waals surface area (Å²) in [5.41, 5.74) is -0.0839. The molecule has 2 heteroatoms. The highest BCUT2D eigenvalue weighted by molar-refractivity contribution is 4.94. The first-order chi connectivity index (χ1) is 7.23. The Morgan fingerprint density at radius 2 is 1.62 bits per heavy atom. The van der Waals surface area contributed by atoms with E-state index < -0.39 is 0 Å². The van der Waals surface area contributed by atoms with Crippen LogP contribution in [0.25, 0.3) is 0 Å². The second-order valence-electron chi connectivity index (χ2n) is 6.12. The molecule has 2 atom stereocenters. The van der Waals surface area contributed by atoms with Crippen LogP contribution in [0.3, 0.4) is 0 Å². The van der Waals surface area contributed by atoms with E-state index in [1.54, 1.807) is 0 Å². The zero-order valence-electron chi connectivity index (χ0n) is 11.5. The molecule has 0 aliphatic heterocycles. The van der Waals surface area contributed by atoms with Crippen LogP contribution in [0.4, 0.5) is 0 Å². The van der Waals surface area contributed by atoms with Crippen molar-refractivity contribution in [2.24, 2.45) is 22.7 Å². The van der Waals surface area contributed by atoms with E-state index in [2.05, 4.69) is 34.3 Å². The number of aliphatic hydroxyl groups is 2. The molecular weight excluding hydrogens is 200 g/mol. The van der Waals surface area contributed by atoms with Crippen LogP contribution in [0.15, 0.2) is 12.7 Å². The average molecular weight is 228 g/mol. The second-order valence-corrected chi connectivity index (χ2v) is 6.12. The third-order valence-corrected chi connectivity index (χ3v) is 4.24. The smallest absolute Gasteiger partial charge is 0.0469 e. The molecule has 96 valence electrons. The lowest BCUT2D eigenvalue weighted by molar-refractivity contribution is -0.0265. The highest BCUT2D eigenvalue weighted by atomic mass is 16.3. The Labute approximate surface area is 100 Å². The van der Waals surface area contributed by atoms with Gasteiger partial charge in [-0.1, -0.05) is 40.7 Å². The topological polar surface area (TPSA) is 40.5 Å². The molecule has 16 heavy (non-hydrogen) atoms. The Hall–Kier alpha value is -0.340. The molecule has 0 radical (unpaired) electrons. The lowest BCUT2D eigenvalue weighted by Crippen LogP contribution is -2.43. The second kappa shape index (κ2) is 5.83. The predicted octanol–water partition coefficient (Wildman–Crippen LogP) is 2.85. The molecule has 0 aromatic rings. The first kappa shape index (κ1) is 15.7. The van der Waals surface area contributed by atoms with Gasteiger partial charge in [-0.25, -0.2) is 0 Å². The molecule has 0 aliphatic rings. The Kier molecular flexibility index (Phi) is 5.71.